The molecule has 5 nitrogen and oxygen atoms in total. The lowest BCUT2D eigenvalue weighted by Gasteiger charge is -2.28. The van der Waals surface area contributed by atoms with E-state index in [0.717, 1.165) is 26.1 Å². The summed E-state index contributed by atoms with van der Waals surface area (Å²) in [5.74, 6) is 0.235. The second-order valence-electron chi connectivity index (χ2n) is 4.82. The number of rotatable bonds is 10. The zero-order valence-electron chi connectivity index (χ0n) is 11.6. The van der Waals surface area contributed by atoms with E-state index < -0.39 is 0 Å². The number of ether oxygens (including phenoxy) is 2. The van der Waals surface area contributed by atoms with Gasteiger partial charge in [0.05, 0.1) is 18.0 Å². The topological polar surface area (TPSA) is 71.6 Å². The molecule has 0 bridgehead atoms. The van der Waals surface area contributed by atoms with Gasteiger partial charge in [-0.3, -0.25) is 5.41 Å². The lowest BCUT2D eigenvalue weighted by Crippen LogP contribution is -2.36. The third-order valence-corrected chi connectivity index (χ3v) is 2.89. The highest BCUT2D eigenvalue weighted by Gasteiger charge is 2.17. The van der Waals surface area contributed by atoms with Crippen molar-refractivity contribution < 1.29 is 9.47 Å². The van der Waals surface area contributed by atoms with Crippen molar-refractivity contribution in [2.45, 2.75) is 32.3 Å². The van der Waals surface area contributed by atoms with Crippen LogP contribution in [0.25, 0.3) is 0 Å². The molecule has 0 fully saturated rings. The molecule has 0 aromatic carbocycles. The van der Waals surface area contributed by atoms with E-state index in [-0.39, 0.29) is 11.4 Å². The molecular formula is C12H27N3O2. The van der Waals surface area contributed by atoms with Gasteiger partial charge in [0.1, 0.15) is 0 Å². The fraction of sp³-hybridized carbons (Fsp3) is 0.917. The summed E-state index contributed by atoms with van der Waals surface area (Å²) >= 11 is 0. The van der Waals surface area contributed by atoms with Crippen LogP contribution >= 0.6 is 0 Å². The summed E-state index contributed by atoms with van der Waals surface area (Å²) in [4.78, 5) is 2.26. The molecule has 0 aromatic rings. The van der Waals surface area contributed by atoms with E-state index in [0.29, 0.717) is 13.0 Å². The van der Waals surface area contributed by atoms with Crippen molar-refractivity contribution in [3.8, 4) is 0 Å². The minimum atomic E-state index is -0.110. The van der Waals surface area contributed by atoms with Gasteiger partial charge in [-0.2, -0.15) is 0 Å². The Hall–Kier alpha value is -0.650. The highest BCUT2D eigenvalue weighted by Crippen LogP contribution is 2.13. The number of nitrogens with zero attached hydrogens (tertiary/aromatic N) is 1. The zero-order chi connectivity index (χ0) is 13.3. The standard InChI is InChI=1S/C12H27N3O2/c1-12(2,17-4)6-8-15(9-10-16-3)7-5-11(13)14/h5-10H2,1-4H3,(H3,13,14). The summed E-state index contributed by atoms with van der Waals surface area (Å²) in [6.45, 7) is 7.45. The summed E-state index contributed by atoms with van der Waals surface area (Å²) in [7, 11) is 3.43. The maximum absolute atomic E-state index is 7.25. The molecule has 0 amide bonds. The van der Waals surface area contributed by atoms with Crippen LogP contribution in [0.2, 0.25) is 0 Å². The summed E-state index contributed by atoms with van der Waals surface area (Å²) in [5.41, 5.74) is 5.27. The van der Waals surface area contributed by atoms with Crippen LogP contribution in [-0.2, 0) is 9.47 Å². The quantitative estimate of drug-likeness (QED) is 0.446. The number of nitrogens with one attached hydrogen (secondary N) is 1. The number of hydrogen-bond donors (Lipinski definition) is 2. The lowest BCUT2D eigenvalue weighted by atomic mass is 10.0. The molecule has 0 heterocycles. The molecule has 0 aromatic heterocycles. The molecule has 102 valence electrons. The van der Waals surface area contributed by atoms with Crippen LogP contribution in [0.4, 0.5) is 0 Å². The molecule has 0 unspecified atom stereocenters. The highest BCUT2D eigenvalue weighted by atomic mass is 16.5. The van der Waals surface area contributed by atoms with Gasteiger partial charge in [-0.25, -0.2) is 0 Å². The molecule has 5 heteroatoms. The average molecular weight is 245 g/mol. The Morgan fingerprint density at radius 2 is 1.88 bits per heavy atom. The smallest absolute Gasteiger partial charge is 0.0918 e. The van der Waals surface area contributed by atoms with Crippen LogP contribution in [0.15, 0.2) is 0 Å². The molecule has 0 rings (SSSR count). The third-order valence-electron chi connectivity index (χ3n) is 2.89. The van der Waals surface area contributed by atoms with Crippen molar-refractivity contribution >= 4 is 5.84 Å². The molecule has 0 saturated heterocycles. The van der Waals surface area contributed by atoms with Gasteiger partial charge in [0.25, 0.3) is 0 Å². The van der Waals surface area contributed by atoms with Gasteiger partial charge >= 0.3 is 0 Å². The first-order valence-corrected chi connectivity index (χ1v) is 6.00. The fourth-order valence-corrected chi connectivity index (χ4v) is 1.36. The van der Waals surface area contributed by atoms with Gasteiger partial charge in [-0.15, -0.1) is 0 Å². The van der Waals surface area contributed by atoms with E-state index in [1.165, 1.54) is 0 Å². The molecular weight excluding hydrogens is 218 g/mol. The second-order valence-corrected chi connectivity index (χ2v) is 4.82. The molecule has 0 aliphatic carbocycles. The van der Waals surface area contributed by atoms with E-state index >= 15 is 0 Å². The Kier molecular flexibility index (Phi) is 8.12. The predicted molar refractivity (Wildman–Crippen MR) is 70.6 cm³/mol. The molecule has 0 spiro atoms. The van der Waals surface area contributed by atoms with Crippen molar-refractivity contribution in [2.24, 2.45) is 5.73 Å². The first-order chi connectivity index (χ1) is 7.91. The Morgan fingerprint density at radius 1 is 1.24 bits per heavy atom. The Balaban J connectivity index is 4.04. The van der Waals surface area contributed by atoms with Gasteiger partial charge in [0, 0.05) is 40.3 Å². The van der Waals surface area contributed by atoms with Gasteiger partial charge in [0.15, 0.2) is 0 Å². The number of methoxy groups -OCH3 is 2. The first-order valence-electron chi connectivity index (χ1n) is 6.00. The number of hydrogen-bond acceptors (Lipinski definition) is 4. The van der Waals surface area contributed by atoms with Crippen LogP contribution < -0.4 is 5.73 Å². The first kappa shape index (κ1) is 16.4. The number of amidine groups is 1. The van der Waals surface area contributed by atoms with Crippen molar-refractivity contribution in [3.63, 3.8) is 0 Å². The predicted octanol–water partition coefficient (Wildman–Crippen LogP) is 1.08. The van der Waals surface area contributed by atoms with Crippen LogP contribution in [-0.4, -0.2) is 56.8 Å². The molecule has 0 aliphatic heterocycles. The van der Waals surface area contributed by atoms with E-state index in [4.69, 9.17) is 20.6 Å². The zero-order valence-corrected chi connectivity index (χ0v) is 11.6. The molecule has 0 radical (unpaired) electrons. The summed E-state index contributed by atoms with van der Waals surface area (Å²) in [6.07, 6.45) is 1.56. The van der Waals surface area contributed by atoms with Crippen molar-refractivity contribution in [2.75, 3.05) is 40.5 Å². The van der Waals surface area contributed by atoms with Crippen molar-refractivity contribution in [1.29, 1.82) is 5.41 Å². The third kappa shape index (κ3) is 9.09. The lowest BCUT2D eigenvalue weighted by molar-refractivity contribution is 0.00595. The Labute approximate surface area is 105 Å². The normalized spacial score (nSPS) is 12.1. The van der Waals surface area contributed by atoms with Gasteiger partial charge < -0.3 is 20.1 Å². The van der Waals surface area contributed by atoms with Gasteiger partial charge in [-0.1, -0.05) is 0 Å². The molecule has 17 heavy (non-hydrogen) atoms. The number of nitrogens with two attached hydrogens (primary N) is 1. The van der Waals surface area contributed by atoms with E-state index in [2.05, 4.69) is 18.7 Å². The monoisotopic (exact) mass is 245 g/mol. The summed E-state index contributed by atoms with van der Waals surface area (Å²) < 4.78 is 10.5. The van der Waals surface area contributed by atoms with Crippen LogP contribution in [0.5, 0.6) is 0 Å². The summed E-state index contributed by atoms with van der Waals surface area (Å²) in [5, 5.41) is 7.25. The summed E-state index contributed by atoms with van der Waals surface area (Å²) in [6, 6.07) is 0. The van der Waals surface area contributed by atoms with Gasteiger partial charge in [0.2, 0.25) is 0 Å². The van der Waals surface area contributed by atoms with E-state index in [1.54, 1.807) is 14.2 Å². The SMILES string of the molecule is COCCN(CCC(=N)N)CCC(C)(C)OC. The van der Waals surface area contributed by atoms with Crippen molar-refractivity contribution in [1.82, 2.24) is 4.90 Å². The maximum atomic E-state index is 7.25. The van der Waals surface area contributed by atoms with Gasteiger partial charge in [-0.05, 0) is 20.3 Å². The van der Waals surface area contributed by atoms with Crippen molar-refractivity contribution in [3.05, 3.63) is 0 Å². The molecule has 0 atom stereocenters. The Bertz CT molecular complexity index is 220. The second kappa shape index (κ2) is 8.44. The largest absolute Gasteiger partial charge is 0.388 e. The van der Waals surface area contributed by atoms with E-state index in [1.807, 2.05) is 0 Å². The maximum Gasteiger partial charge on any atom is 0.0918 e. The Morgan fingerprint density at radius 3 is 2.35 bits per heavy atom. The molecule has 3 N–H and O–H groups in total. The van der Waals surface area contributed by atoms with Crippen LogP contribution in [0.1, 0.15) is 26.7 Å². The minimum absolute atomic E-state index is 0.110. The van der Waals surface area contributed by atoms with Crippen LogP contribution in [0.3, 0.4) is 0 Å². The minimum Gasteiger partial charge on any atom is -0.388 e. The highest BCUT2D eigenvalue weighted by molar-refractivity contribution is 5.76. The van der Waals surface area contributed by atoms with E-state index in [9.17, 15) is 0 Å². The average Bonchev–Trinajstić information content (AvgIpc) is 2.28. The fourth-order valence-electron chi connectivity index (χ4n) is 1.36. The van der Waals surface area contributed by atoms with Crippen LogP contribution in [0, 0.1) is 5.41 Å². The molecule has 0 aliphatic rings. The molecule has 0 saturated carbocycles.